The van der Waals surface area contributed by atoms with Gasteiger partial charge < -0.3 is 4.74 Å². The molecule has 0 radical (unpaired) electrons. The molecular formula is C23H22F3NO. The van der Waals surface area contributed by atoms with Crippen molar-refractivity contribution in [3.63, 3.8) is 0 Å². The van der Waals surface area contributed by atoms with Crippen LogP contribution in [0.2, 0.25) is 0 Å². The fourth-order valence-electron chi connectivity index (χ4n) is 3.25. The third-order valence-corrected chi connectivity index (χ3v) is 4.46. The van der Waals surface area contributed by atoms with Crippen LogP contribution >= 0.6 is 0 Å². The quantitative estimate of drug-likeness (QED) is 0.498. The summed E-state index contributed by atoms with van der Waals surface area (Å²) in [4.78, 5) is 4.10. The minimum Gasteiger partial charge on any atom is -0.494 e. The molecule has 5 heteroatoms. The second-order valence-electron chi connectivity index (χ2n) is 7.57. The second-order valence-corrected chi connectivity index (χ2v) is 7.57. The van der Waals surface area contributed by atoms with Crippen molar-refractivity contribution in [2.75, 3.05) is 7.11 Å². The molecular weight excluding hydrogens is 363 g/mol. The minimum absolute atomic E-state index is 0.0316. The largest absolute Gasteiger partial charge is 0.494 e. The lowest BCUT2D eigenvalue weighted by Gasteiger charge is -2.27. The summed E-state index contributed by atoms with van der Waals surface area (Å²) >= 11 is 0. The molecule has 1 aromatic heterocycles. The molecule has 0 saturated carbocycles. The summed E-state index contributed by atoms with van der Waals surface area (Å²) in [5.41, 5.74) is 0.274. The van der Waals surface area contributed by atoms with Gasteiger partial charge in [0, 0.05) is 16.5 Å². The van der Waals surface area contributed by atoms with Gasteiger partial charge in [0.1, 0.15) is 5.75 Å². The van der Waals surface area contributed by atoms with E-state index in [-0.39, 0.29) is 11.3 Å². The van der Waals surface area contributed by atoms with E-state index in [2.05, 4.69) is 4.98 Å². The van der Waals surface area contributed by atoms with Crippen LogP contribution in [-0.4, -0.2) is 12.1 Å². The van der Waals surface area contributed by atoms with Crippen molar-refractivity contribution in [3.05, 3.63) is 72.1 Å². The van der Waals surface area contributed by atoms with Crippen molar-refractivity contribution in [2.24, 2.45) is 0 Å². The standard InChI is InChI=1S/C23H22F3NO/c1-22(2,3)21-19(28-4)17(15-11-7-5-8-12-15)18(16-13-9-6-10-14-16)20(27-21)23(24,25)26/h5-14H,1-4H3. The number of hydrogen-bond donors (Lipinski definition) is 0. The average Bonchev–Trinajstić information content (AvgIpc) is 2.66. The Morgan fingerprint density at radius 2 is 1.18 bits per heavy atom. The maximum atomic E-state index is 14.1. The molecule has 0 N–H and O–H groups in total. The fraction of sp³-hybridized carbons (Fsp3) is 0.261. The number of rotatable bonds is 3. The number of aromatic nitrogens is 1. The molecule has 0 spiro atoms. The number of alkyl halides is 3. The van der Waals surface area contributed by atoms with Crippen molar-refractivity contribution in [1.29, 1.82) is 0 Å². The highest BCUT2D eigenvalue weighted by Gasteiger charge is 2.40. The Morgan fingerprint density at radius 3 is 1.57 bits per heavy atom. The van der Waals surface area contributed by atoms with Gasteiger partial charge in [-0.15, -0.1) is 0 Å². The highest BCUT2D eigenvalue weighted by atomic mass is 19.4. The first-order chi connectivity index (χ1) is 13.1. The Morgan fingerprint density at radius 1 is 0.714 bits per heavy atom. The Labute approximate surface area is 163 Å². The van der Waals surface area contributed by atoms with Gasteiger partial charge in [-0.05, 0) is 11.1 Å². The molecule has 3 aromatic rings. The van der Waals surface area contributed by atoms with Crippen LogP contribution in [0.5, 0.6) is 5.75 Å². The third-order valence-electron chi connectivity index (χ3n) is 4.46. The maximum Gasteiger partial charge on any atom is 0.433 e. The summed E-state index contributed by atoms with van der Waals surface area (Å²) in [6.45, 7) is 5.49. The Balaban J connectivity index is 2.55. The molecule has 2 aromatic carbocycles. The Hall–Kier alpha value is -2.82. The first kappa shape index (κ1) is 19.9. The van der Waals surface area contributed by atoms with Gasteiger partial charge in [0.2, 0.25) is 0 Å². The number of methoxy groups -OCH3 is 1. The van der Waals surface area contributed by atoms with Crippen LogP contribution in [0.15, 0.2) is 60.7 Å². The molecule has 0 saturated heterocycles. The molecule has 1 heterocycles. The van der Waals surface area contributed by atoms with E-state index < -0.39 is 17.3 Å². The van der Waals surface area contributed by atoms with Crippen molar-refractivity contribution in [2.45, 2.75) is 32.4 Å². The fourth-order valence-corrected chi connectivity index (χ4v) is 3.25. The molecule has 3 rings (SSSR count). The van der Waals surface area contributed by atoms with Crippen LogP contribution < -0.4 is 4.74 Å². The molecule has 0 aliphatic rings. The number of benzene rings is 2. The number of hydrogen-bond acceptors (Lipinski definition) is 2. The lowest BCUT2D eigenvalue weighted by molar-refractivity contribution is -0.140. The molecule has 146 valence electrons. The van der Waals surface area contributed by atoms with Crippen molar-refractivity contribution >= 4 is 0 Å². The van der Waals surface area contributed by atoms with E-state index in [1.165, 1.54) is 7.11 Å². The zero-order valence-electron chi connectivity index (χ0n) is 16.3. The SMILES string of the molecule is COc1c(C(C)(C)C)nc(C(F)(F)F)c(-c2ccccc2)c1-c1ccccc1. The number of pyridine rings is 1. The van der Waals surface area contributed by atoms with Gasteiger partial charge in [-0.3, -0.25) is 0 Å². The van der Waals surface area contributed by atoms with E-state index in [0.717, 1.165) is 0 Å². The molecule has 2 nitrogen and oxygen atoms in total. The van der Waals surface area contributed by atoms with Gasteiger partial charge in [-0.2, -0.15) is 13.2 Å². The second kappa shape index (κ2) is 7.30. The Kier molecular flexibility index (Phi) is 5.20. The number of halogens is 3. The molecule has 0 bridgehead atoms. The predicted molar refractivity (Wildman–Crippen MR) is 105 cm³/mol. The van der Waals surface area contributed by atoms with E-state index in [4.69, 9.17) is 4.74 Å². The number of ether oxygens (including phenoxy) is 1. The van der Waals surface area contributed by atoms with Crippen LogP contribution in [0.4, 0.5) is 13.2 Å². The molecule has 0 fully saturated rings. The summed E-state index contributed by atoms with van der Waals surface area (Å²) in [6, 6.07) is 17.5. The van der Waals surface area contributed by atoms with Gasteiger partial charge in [-0.1, -0.05) is 81.4 Å². The molecule has 0 amide bonds. The van der Waals surface area contributed by atoms with Crippen molar-refractivity contribution < 1.29 is 17.9 Å². The maximum absolute atomic E-state index is 14.1. The van der Waals surface area contributed by atoms with Crippen molar-refractivity contribution in [1.82, 2.24) is 4.98 Å². The average molecular weight is 385 g/mol. The summed E-state index contributed by atoms with van der Waals surface area (Å²) in [5.74, 6) is 0.366. The van der Waals surface area contributed by atoms with Gasteiger partial charge >= 0.3 is 6.18 Å². The van der Waals surface area contributed by atoms with E-state index in [1.807, 2.05) is 26.8 Å². The topological polar surface area (TPSA) is 22.1 Å². The van der Waals surface area contributed by atoms with Gasteiger partial charge in [0.15, 0.2) is 5.69 Å². The Bertz CT molecular complexity index is 959. The van der Waals surface area contributed by atoms with Crippen molar-refractivity contribution in [3.8, 4) is 28.0 Å². The molecule has 0 atom stereocenters. The first-order valence-corrected chi connectivity index (χ1v) is 8.95. The normalized spacial score (nSPS) is 12.1. The first-order valence-electron chi connectivity index (χ1n) is 8.95. The molecule has 28 heavy (non-hydrogen) atoms. The van der Waals surface area contributed by atoms with Gasteiger partial charge in [-0.25, -0.2) is 4.98 Å². The molecule has 0 unspecified atom stereocenters. The predicted octanol–water partition coefficient (Wildman–Crippen LogP) is 6.74. The highest BCUT2D eigenvalue weighted by molar-refractivity contribution is 5.90. The molecule has 0 aliphatic heterocycles. The van der Waals surface area contributed by atoms with Crippen LogP contribution in [0.25, 0.3) is 22.3 Å². The minimum atomic E-state index is -4.61. The summed E-state index contributed by atoms with van der Waals surface area (Å²) in [5, 5.41) is 0. The smallest absolute Gasteiger partial charge is 0.433 e. The monoisotopic (exact) mass is 385 g/mol. The summed E-state index contributed by atoms with van der Waals surface area (Å²) in [7, 11) is 1.47. The lowest BCUT2D eigenvalue weighted by Crippen LogP contribution is -2.21. The van der Waals surface area contributed by atoms with E-state index in [1.54, 1.807) is 54.6 Å². The third kappa shape index (κ3) is 3.75. The van der Waals surface area contributed by atoms with Crippen LogP contribution in [0.1, 0.15) is 32.2 Å². The van der Waals surface area contributed by atoms with E-state index >= 15 is 0 Å². The summed E-state index contributed by atoms with van der Waals surface area (Å²) in [6.07, 6.45) is -4.61. The molecule has 0 aliphatic carbocycles. The zero-order valence-corrected chi connectivity index (χ0v) is 16.3. The highest BCUT2D eigenvalue weighted by Crippen LogP contribution is 2.49. The lowest BCUT2D eigenvalue weighted by atomic mass is 9.85. The van der Waals surface area contributed by atoms with E-state index in [9.17, 15) is 13.2 Å². The van der Waals surface area contributed by atoms with Crippen LogP contribution in [-0.2, 0) is 11.6 Å². The zero-order chi connectivity index (χ0) is 20.5. The van der Waals surface area contributed by atoms with Crippen LogP contribution in [0, 0.1) is 0 Å². The van der Waals surface area contributed by atoms with Crippen LogP contribution in [0.3, 0.4) is 0 Å². The summed E-state index contributed by atoms with van der Waals surface area (Å²) < 4.78 is 48.0. The van der Waals surface area contributed by atoms with Gasteiger partial charge in [0.25, 0.3) is 0 Å². The number of nitrogens with zero attached hydrogens (tertiary/aromatic N) is 1. The van der Waals surface area contributed by atoms with E-state index in [0.29, 0.717) is 22.4 Å². The van der Waals surface area contributed by atoms with Gasteiger partial charge in [0.05, 0.1) is 12.8 Å².